The number of carbonyl (C=O) groups is 2. The maximum atomic E-state index is 13.0. The molecule has 3 heterocycles. The lowest BCUT2D eigenvalue weighted by Crippen LogP contribution is -2.37. The van der Waals surface area contributed by atoms with Gasteiger partial charge in [-0.05, 0) is 18.6 Å². The molecule has 27 heavy (non-hydrogen) atoms. The molecular formula is C20H19N3O4. The van der Waals surface area contributed by atoms with Crippen molar-refractivity contribution in [2.45, 2.75) is 6.42 Å². The molecule has 0 unspecified atom stereocenters. The maximum absolute atomic E-state index is 13.0. The first-order valence-electron chi connectivity index (χ1n) is 8.86. The average Bonchev–Trinajstić information content (AvgIpc) is 3.35. The van der Waals surface area contributed by atoms with Crippen molar-refractivity contribution in [2.75, 3.05) is 26.2 Å². The van der Waals surface area contributed by atoms with Gasteiger partial charge in [-0.1, -0.05) is 35.5 Å². The minimum atomic E-state index is -0.149. The number of carbonyl (C=O) groups excluding carboxylic acids is 2. The SMILES string of the molecule is O=C(c1ccco1)N1CCCN(C(=O)c2cnoc2-c2ccccc2)CC1. The van der Waals surface area contributed by atoms with Gasteiger partial charge in [-0.2, -0.15) is 0 Å². The fraction of sp³-hybridized carbons (Fsp3) is 0.250. The zero-order chi connectivity index (χ0) is 18.6. The normalized spacial score (nSPS) is 14.8. The predicted octanol–water partition coefficient (Wildman–Crippen LogP) is 2.92. The number of amides is 2. The first-order valence-corrected chi connectivity index (χ1v) is 8.86. The summed E-state index contributed by atoms with van der Waals surface area (Å²) < 4.78 is 10.5. The van der Waals surface area contributed by atoms with Crippen LogP contribution in [-0.2, 0) is 0 Å². The highest BCUT2D eigenvalue weighted by atomic mass is 16.5. The van der Waals surface area contributed by atoms with Gasteiger partial charge in [0.15, 0.2) is 11.5 Å². The molecule has 0 atom stereocenters. The highest BCUT2D eigenvalue weighted by molar-refractivity contribution is 5.99. The highest BCUT2D eigenvalue weighted by Crippen LogP contribution is 2.25. The molecule has 0 spiro atoms. The first-order chi connectivity index (χ1) is 13.2. The summed E-state index contributed by atoms with van der Waals surface area (Å²) in [6.07, 6.45) is 3.64. The smallest absolute Gasteiger partial charge is 0.289 e. The van der Waals surface area contributed by atoms with E-state index in [4.69, 9.17) is 8.94 Å². The van der Waals surface area contributed by atoms with Crippen molar-refractivity contribution in [3.63, 3.8) is 0 Å². The Bertz CT molecular complexity index is 918. The molecule has 0 N–H and O–H groups in total. The molecular weight excluding hydrogens is 346 g/mol. The van der Waals surface area contributed by atoms with E-state index in [1.54, 1.807) is 21.9 Å². The summed E-state index contributed by atoms with van der Waals surface area (Å²) in [6, 6.07) is 12.8. The second kappa shape index (κ2) is 7.49. The van der Waals surface area contributed by atoms with E-state index in [0.29, 0.717) is 49.7 Å². The van der Waals surface area contributed by atoms with Gasteiger partial charge >= 0.3 is 0 Å². The summed E-state index contributed by atoms with van der Waals surface area (Å²) in [7, 11) is 0. The third-order valence-electron chi connectivity index (χ3n) is 4.64. The number of hydrogen-bond acceptors (Lipinski definition) is 5. The fourth-order valence-electron chi connectivity index (χ4n) is 3.24. The van der Waals surface area contributed by atoms with Crippen LogP contribution >= 0.6 is 0 Å². The van der Waals surface area contributed by atoms with Crippen molar-refractivity contribution < 1.29 is 18.5 Å². The third-order valence-corrected chi connectivity index (χ3v) is 4.64. The van der Waals surface area contributed by atoms with Gasteiger partial charge in [-0.25, -0.2) is 0 Å². The Morgan fingerprint density at radius 1 is 0.889 bits per heavy atom. The second-order valence-corrected chi connectivity index (χ2v) is 6.35. The van der Waals surface area contributed by atoms with Crippen LogP contribution in [0.1, 0.15) is 27.3 Å². The van der Waals surface area contributed by atoms with Crippen molar-refractivity contribution in [3.8, 4) is 11.3 Å². The van der Waals surface area contributed by atoms with E-state index < -0.39 is 0 Å². The molecule has 1 fully saturated rings. The fourth-order valence-corrected chi connectivity index (χ4v) is 3.24. The molecule has 1 saturated heterocycles. The van der Waals surface area contributed by atoms with Crippen LogP contribution in [0.15, 0.2) is 63.9 Å². The standard InChI is InChI=1S/C20H19N3O4/c24-19(16-14-21-27-18(16)15-6-2-1-3-7-15)22-9-5-10-23(12-11-22)20(25)17-8-4-13-26-17/h1-4,6-8,13-14H,5,9-12H2. The quantitative estimate of drug-likeness (QED) is 0.713. The molecule has 1 aliphatic rings. The summed E-state index contributed by atoms with van der Waals surface area (Å²) in [5, 5.41) is 3.82. The summed E-state index contributed by atoms with van der Waals surface area (Å²) in [4.78, 5) is 28.9. The van der Waals surface area contributed by atoms with Crippen molar-refractivity contribution >= 4 is 11.8 Å². The molecule has 1 aromatic carbocycles. The molecule has 0 saturated carbocycles. The van der Waals surface area contributed by atoms with Crippen LogP contribution in [0.5, 0.6) is 0 Å². The van der Waals surface area contributed by atoms with Crippen LogP contribution in [0.2, 0.25) is 0 Å². The average molecular weight is 365 g/mol. The van der Waals surface area contributed by atoms with Crippen molar-refractivity contribution in [3.05, 3.63) is 66.2 Å². The van der Waals surface area contributed by atoms with E-state index >= 15 is 0 Å². The second-order valence-electron chi connectivity index (χ2n) is 6.35. The van der Waals surface area contributed by atoms with Gasteiger partial charge in [0.25, 0.3) is 11.8 Å². The number of rotatable bonds is 3. The third kappa shape index (κ3) is 3.48. The molecule has 7 nitrogen and oxygen atoms in total. The zero-order valence-electron chi connectivity index (χ0n) is 14.7. The molecule has 4 rings (SSSR count). The molecule has 3 aromatic rings. The molecule has 1 aliphatic heterocycles. The van der Waals surface area contributed by atoms with Gasteiger partial charge in [0, 0.05) is 31.7 Å². The molecule has 2 amide bonds. The van der Waals surface area contributed by atoms with Crippen LogP contribution in [0.3, 0.4) is 0 Å². The van der Waals surface area contributed by atoms with Crippen molar-refractivity contribution in [1.82, 2.24) is 15.0 Å². The monoisotopic (exact) mass is 365 g/mol. The van der Waals surface area contributed by atoms with Gasteiger partial charge < -0.3 is 18.7 Å². The van der Waals surface area contributed by atoms with Crippen LogP contribution in [0.25, 0.3) is 11.3 Å². The minimum Gasteiger partial charge on any atom is -0.459 e. The largest absolute Gasteiger partial charge is 0.459 e. The van der Waals surface area contributed by atoms with Crippen LogP contribution < -0.4 is 0 Å². The number of aromatic nitrogens is 1. The lowest BCUT2D eigenvalue weighted by molar-refractivity contribution is 0.0700. The Balaban J connectivity index is 1.48. The minimum absolute atomic E-state index is 0.137. The number of nitrogens with zero attached hydrogens (tertiary/aromatic N) is 3. The molecule has 2 aromatic heterocycles. The molecule has 138 valence electrons. The summed E-state index contributed by atoms with van der Waals surface area (Å²) in [5.74, 6) is 0.500. The van der Waals surface area contributed by atoms with Crippen LogP contribution in [0.4, 0.5) is 0 Å². The lowest BCUT2D eigenvalue weighted by Gasteiger charge is -2.21. The van der Waals surface area contributed by atoms with Gasteiger partial charge in [-0.15, -0.1) is 0 Å². The van der Waals surface area contributed by atoms with Crippen LogP contribution in [0, 0.1) is 0 Å². The van der Waals surface area contributed by atoms with Gasteiger partial charge in [0.05, 0.1) is 12.5 Å². The Hall–Kier alpha value is -3.35. The van der Waals surface area contributed by atoms with E-state index in [2.05, 4.69) is 5.16 Å². The maximum Gasteiger partial charge on any atom is 0.289 e. The van der Waals surface area contributed by atoms with E-state index in [9.17, 15) is 9.59 Å². The Morgan fingerprint density at radius 2 is 1.63 bits per heavy atom. The number of hydrogen-bond donors (Lipinski definition) is 0. The Kier molecular flexibility index (Phi) is 4.74. The highest BCUT2D eigenvalue weighted by Gasteiger charge is 2.27. The zero-order valence-corrected chi connectivity index (χ0v) is 14.7. The summed E-state index contributed by atoms with van der Waals surface area (Å²) in [6.45, 7) is 2.06. The van der Waals surface area contributed by atoms with E-state index in [0.717, 1.165) is 5.56 Å². The van der Waals surface area contributed by atoms with Gasteiger partial charge in [0.1, 0.15) is 5.56 Å². The Morgan fingerprint density at radius 3 is 2.33 bits per heavy atom. The first kappa shape index (κ1) is 17.1. The molecule has 0 aliphatic carbocycles. The predicted molar refractivity (Wildman–Crippen MR) is 97.1 cm³/mol. The molecule has 0 radical (unpaired) electrons. The van der Waals surface area contributed by atoms with Crippen molar-refractivity contribution in [2.24, 2.45) is 0 Å². The van der Waals surface area contributed by atoms with Gasteiger partial charge in [-0.3, -0.25) is 9.59 Å². The topological polar surface area (TPSA) is 79.8 Å². The van der Waals surface area contributed by atoms with Crippen molar-refractivity contribution in [1.29, 1.82) is 0 Å². The Labute approximate surface area is 156 Å². The van der Waals surface area contributed by atoms with E-state index in [1.165, 1.54) is 12.5 Å². The van der Waals surface area contributed by atoms with E-state index in [-0.39, 0.29) is 11.8 Å². The van der Waals surface area contributed by atoms with E-state index in [1.807, 2.05) is 30.3 Å². The molecule has 7 heteroatoms. The summed E-state index contributed by atoms with van der Waals surface area (Å²) >= 11 is 0. The summed E-state index contributed by atoms with van der Waals surface area (Å²) in [5.41, 5.74) is 1.25. The number of furan rings is 1. The number of benzene rings is 1. The molecule has 0 bridgehead atoms. The van der Waals surface area contributed by atoms with Crippen LogP contribution in [-0.4, -0.2) is 52.9 Å². The van der Waals surface area contributed by atoms with Gasteiger partial charge in [0.2, 0.25) is 0 Å². The lowest BCUT2D eigenvalue weighted by atomic mass is 10.1.